The minimum Gasteiger partial charge on any atom is -0.454 e. The first-order valence-corrected chi connectivity index (χ1v) is 6.65. The maximum atomic E-state index is 13.1. The average molecular weight is 269 g/mol. The summed E-state index contributed by atoms with van der Waals surface area (Å²) in [4.78, 5) is 0. The molecule has 1 saturated heterocycles. The maximum absolute atomic E-state index is 13.1. The van der Waals surface area contributed by atoms with Gasteiger partial charge in [0.25, 0.3) is 6.43 Å². The predicted molar refractivity (Wildman–Crippen MR) is 66.8 cm³/mol. The quantitative estimate of drug-likeness (QED) is 0.915. The van der Waals surface area contributed by atoms with Crippen LogP contribution in [0.15, 0.2) is 12.1 Å². The van der Waals surface area contributed by atoms with E-state index in [2.05, 4.69) is 5.32 Å². The van der Waals surface area contributed by atoms with Crippen molar-refractivity contribution in [2.45, 2.75) is 25.7 Å². The largest absolute Gasteiger partial charge is 0.454 e. The first-order chi connectivity index (χ1) is 9.24. The first-order valence-electron chi connectivity index (χ1n) is 6.65. The zero-order valence-electron chi connectivity index (χ0n) is 10.6. The Bertz CT molecular complexity index is 459. The van der Waals surface area contributed by atoms with E-state index in [0.717, 1.165) is 25.9 Å². The van der Waals surface area contributed by atoms with Gasteiger partial charge in [0.2, 0.25) is 6.79 Å². The summed E-state index contributed by atoms with van der Waals surface area (Å²) < 4.78 is 36.7. The second kappa shape index (κ2) is 5.33. The van der Waals surface area contributed by atoms with Crippen molar-refractivity contribution in [2.24, 2.45) is 5.92 Å². The molecule has 3 rings (SSSR count). The molecule has 0 aromatic heterocycles. The van der Waals surface area contributed by atoms with Gasteiger partial charge < -0.3 is 14.8 Å². The molecule has 1 aromatic rings. The fraction of sp³-hybridized carbons (Fsp3) is 0.571. The molecular formula is C14H17F2NO2. The topological polar surface area (TPSA) is 30.5 Å². The van der Waals surface area contributed by atoms with Crippen LogP contribution in [0.25, 0.3) is 0 Å². The molecule has 0 spiro atoms. The van der Waals surface area contributed by atoms with E-state index in [1.165, 1.54) is 6.07 Å². The summed E-state index contributed by atoms with van der Waals surface area (Å²) in [6.45, 7) is 2.06. The minimum atomic E-state index is -2.47. The van der Waals surface area contributed by atoms with Crippen LogP contribution in [0, 0.1) is 5.92 Å². The van der Waals surface area contributed by atoms with Gasteiger partial charge in [0.1, 0.15) is 0 Å². The maximum Gasteiger partial charge on any atom is 0.264 e. The third-order valence-corrected chi connectivity index (χ3v) is 3.84. The van der Waals surface area contributed by atoms with Gasteiger partial charge in [0.05, 0.1) is 0 Å². The highest BCUT2D eigenvalue weighted by Gasteiger charge is 2.24. The molecule has 0 aliphatic carbocycles. The van der Waals surface area contributed by atoms with Gasteiger partial charge in [0, 0.05) is 5.56 Å². The second-order valence-electron chi connectivity index (χ2n) is 5.10. The summed E-state index contributed by atoms with van der Waals surface area (Å²) in [6.07, 6.45) is 0.304. The van der Waals surface area contributed by atoms with Crippen molar-refractivity contribution in [3.8, 4) is 11.5 Å². The summed E-state index contributed by atoms with van der Waals surface area (Å²) in [6, 6.07) is 3.16. The number of halogens is 2. The van der Waals surface area contributed by atoms with Crippen LogP contribution in [-0.2, 0) is 6.42 Å². The highest BCUT2D eigenvalue weighted by Crippen LogP contribution is 2.39. The molecule has 0 unspecified atom stereocenters. The van der Waals surface area contributed by atoms with Crippen molar-refractivity contribution in [1.29, 1.82) is 0 Å². The van der Waals surface area contributed by atoms with Gasteiger partial charge in [0.15, 0.2) is 11.5 Å². The smallest absolute Gasteiger partial charge is 0.264 e. The van der Waals surface area contributed by atoms with Crippen LogP contribution in [0.3, 0.4) is 0 Å². The Morgan fingerprint density at radius 1 is 1.16 bits per heavy atom. The zero-order valence-corrected chi connectivity index (χ0v) is 10.6. The number of alkyl halides is 2. The number of ether oxygens (including phenoxy) is 2. The lowest BCUT2D eigenvalue weighted by molar-refractivity contribution is 0.149. The molecule has 0 bridgehead atoms. The minimum absolute atomic E-state index is 0.0859. The number of hydrogen-bond acceptors (Lipinski definition) is 3. The molecule has 1 aromatic carbocycles. The number of rotatable bonds is 3. The molecule has 0 atom stereocenters. The normalized spacial score (nSPS) is 19.1. The van der Waals surface area contributed by atoms with Gasteiger partial charge in [-0.2, -0.15) is 0 Å². The molecule has 0 radical (unpaired) electrons. The van der Waals surface area contributed by atoms with E-state index < -0.39 is 6.43 Å². The second-order valence-corrected chi connectivity index (χ2v) is 5.10. The molecule has 5 heteroatoms. The standard InChI is InChI=1S/C14H17F2NO2/c15-14(16)11-7-13-12(18-8-19-13)6-10(11)5-9-1-3-17-4-2-9/h6-7,9,14,17H,1-5,8H2. The lowest BCUT2D eigenvalue weighted by Gasteiger charge is -2.23. The van der Waals surface area contributed by atoms with Gasteiger partial charge >= 0.3 is 0 Å². The first kappa shape index (κ1) is 12.7. The molecule has 2 aliphatic heterocycles. The van der Waals surface area contributed by atoms with E-state index in [9.17, 15) is 8.78 Å². The lowest BCUT2D eigenvalue weighted by Crippen LogP contribution is -2.28. The Labute approximate surface area is 110 Å². The third kappa shape index (κ3) is 2.66. The van der Waals surface area contributed by atoms with Crippen molar-refractivity contribution < 1.29 is 18.3 Å². The summed E-state index contributed by atoms with van der Waals surface area (Å²) >= 11 is 0. The molecule has 1 fully saturated rings. The third-order valence-electron chi connectivity index (χ3n) is 3.84. The Morgan fingerprint density at radius 3 is 2.53 bits per heavy atom. The van der Waals surface area contributed by atoms with E-state index in [4.69, 9.17) is 9.47 Å². The van der Waals surface area contributed by atoms with Crippen molar-refractivity contribution in [2.75, 3.05) is 19.9 Å². The summed E-state index contributed by atoms with van der Waals surface area (Å²) in [5.74, 6) is 1.50. The molecule has 2 aliphatic rings. The SMILES string of the molecule is FC(F)c1cc2c(cc1CC1CCNCC1)OCO2. The number of benzene rings is 1. The fourth-order valence-electron chi connectivity index (χ4n) is 2.78. The van der Waals surface area contributed by atoms with E-state index in [1.54, 1.807) is 6.07 Å². The highest BCUT2D eigenvalue weighted by molar-refractivity contribution is 5.49. The zero-order chi connectivity index (χ0) is 13.2. The van der Waals surface area contributed by atoms with Crippen LogP contribution in [0.4, 0.5) is 8.78 Å². The summed E-state index contributed by atoms with van der Waals surface area (Å²) in [5.41, 5.74) is 0.786. The Hall–Kier alpha value is -1.36. The van der Waals surface area contributed by atoms with Crippen LogP contribution in [0.1, 0.15) is 30.4 Å². The van der Waals surface area contributed by atoms with Crippen LogP contribution >= 0.6 is 0 Å². The van der Waals surface area contributed by atoms with Crippen LogP contribution in [0.5, 0.6) is 11.5 Å². The molecule has 1 N–H and O–H groups in total. The van der Waals surface area contributed by atoms with Gasteiger partial charge in [-0.15, -0.1) is 0 Å². The van der Waals surface area contributed by atoms with Gasteiger partial charge in [-0.1, -0.05) is 0 Å². The molecular weight excluding hydrogens is 252 g/mol. The number of nitrogens with one attached hydrogen (secondary N) is 1. The fourth-order valence-corrected chi connectivity index (χ4v) is 2.78. The Balaban J connectivity index is 1.85. The van der Waals surface area contributed by atoms with Gasteiger partial charge in [-0.05, 0) is 56.0 Å². The molecule has 0 saturated carbocycles. The Kier molecular flexibility index (Phi) is 3.55. The summed E-state index contributed by atoms with van der Waals surface area (Å²) in [5, 5.41) is 3.29. The number of fused-ring (bicyclic) bond motifs is 1. The molecule has 2 heterocycles. The molecule has 3 nitrogen and oxygen atoms in total. The average Bonchev–Trinajstić information content (AvgIpc) is 2.86. The van der Waals surface area contributed by atoms with Crippen LogP contribution in [-0.4, -0.2) is 19.9 Å². The highest BCUT2D eigenvalue weighted by atomic mass is 19.3. The van der Waals surface area contributed by atoms with E-state index in [-0.39, 0.29) is 12.4 Å². The predicted octanol–water partition coefficient (Wildman–Crippen LogP) is 2.90. The van der Waals surface area contributed by atoms with E-state index in [1.807, 2.05) is 0 Å². The monoisotopic (exact) mass is 269 g/mol. The van der Waals surface area contributed by atoms with Crippen LogP contribution in [0.2, 0.25) is 0 Å². The van der Waals surface area contributed by atoms with Crippen molar-refractivity contribution in [3.05, 3.63) is 23.3 Å². The lowest BCUT2D eigenvalue weighted by atomic mass is 9.89. The molecule has 19 heavy (non-hydrogen) atoms. The number of piperidine rings is 1. The van der Waals surface area contributed by atoms with E-state index >= 15 is 0 Å². The molecule has 0 amide bonds. The van der Waals surface area contributed by atoms with Crippen molar-refractivity contribution >= 4 is 0 Å². The van der Waals surface area contributed by atoms with Crippen molar-refractivity contribution in [1.82, 2.24) is 5.32 Å². The number of hydrogen-bond donors (Lipinski definition) is 1. The Morgan fingerprint density at radius 2 is 1.84 bits per heavy atom. The van der Waals surface area contributed by atoms with Gasteiger partial charge in [-0.3, -0.25) is 0 Å². The van der Waals surface area contributed by atoms with Crippen LogP contribution < -0.4 is 14.8 Å². The van der Waals surface area contributed by atoms with E-state index in [0.29, 0.717) is 29.4 Å². The molecule has 104 valence electrons. The van der Waals surface area contributed by atoms with Crippen molar-refractivity contribution in [3.63, 3.8) is 0 Å². The summed E-state index contributed by atoms with van der Waals surface area (Å²) in [7, 11) is 0. The van der Waals surface area contributed by atoms with Gasteiger partial charge in [-0.25, -0.2) is 8.78 Å².